The van der Waals surface area contributed by atoms with Gasteiger partial charge in [-0.25, -0.2) is 8.42 Å². The molecule has 0 aromatic heterocycles. The van der Waals surface area contributed by atoms with Crippen molar-refractivity contribution in [2.24, 2.45) is 0 Å². The van der Waals surface area contributed by atoms with E-state index in [9.17, 15) is 8.42 Å². The monoisotopic (exact) mass is 267 g/mol. The lowest BCUT2D eigenvalue weighted by atomic mass is 9.83. The summed E-state index contributed by atoms with van der Waals surface area (Å²) in [6.45, 7) is 2.22. The Kier molecular flexibility index (Phi) is 5.54. The molecule has 0 spiro atoms. The molecule has 5 heteroatoms. The molecule has 1 saturated carbocycles. The first kappa shape index (κ1) is 14.3. The minimum Gasteiger partial charge on any atom is -0.309 e. The van der Waals surface area contributed by atoms with Crippen molar-refractivity contribution >= 4 is 21.4 Å². The summed E-state index contributed by atoms with van der Waals surface area (Å²) in [7, 11) is -2.86. The molecule has 1 aliphatic rings. The Morgan fingerprint density at radius 3 is 2.38 bits per heavy atom. The highest BCUT2D eigenvalue weighted by Crippen LogP contribution is 2.29. The van der Waals surface area contributed by atoms with Crippen LogP contribution in [0.1, 0.15) is 39.0 Å². The van der Waals surface area contributed by atoms with Gasteiger partial charge < -0.3 is 5.32 Å². The maximum atomic E-state index is 11.4. The summed E-state index contributed by atoms with van der Waals surface area (Å²) in [5.41, 5.74) is -0.0108. The molecule has 0 aromatic carbocycles. The number of alkyl halides is 1. The van der Waals surface area contributed by atoms with Crippen LogP contribution in [0, 0.1) is 0 Å². The molecule has 0 saturated heterocycles. The van der Waals surface area contributed by atoms with Gasteiger partial charge in [0.2, 0.25) is 0 Å². The Labute approximate surface area is 104 Å². The number of hydrogen-bond acceptors (Lipinski definition) is 3. The second kappa shape index (κ2) is 6.22. The first-order valence-corrected chi connectivity index (χ1v) is 8.41. The predicted octanol–water partition coefficient (Wildman–Crippen LogP) is 1.95. The summed E-state index contributed by atoms with van der Waals surface area (Å²) in [4.78, 5) is 0. The van der Waals surface area contributed by atoms with Crippen LogP contribution in [0.15, 0.2) is 0 Å². The quantitative estimate of drug-likeness (QED) is 0.749. The zero-order valence-corrected chi connectivity index (χ0v) is 11.5. The Hall–Kier alpha value is 0.200. The fourth-order valence-electron chi connectivity index (χ4n) is 2.20. The third kappa shape index (κ3) is 4.22. The van der Waals surface area contributed by atoms with Crippen LogP contribution in [0.3, 0.4) is 0 Å². The lowest BCUT2D eigenvalue weighted by Gasteiger charge is -2.36. The molecule has 0 aromatic rings. The van der Waals surface area contributed by atoms with E-state index < -0.39 is 9.84 Å². The Balaban J connectivity index is 2.39. The summed E-state index contributed by atoms with van der Waals surface area (Å²) < 4.78 is 22.7. The molecular formula is C11H22ClNO2S. The molecule has 16 heavy (non-hydrogen) atoms. The van der Waals surface area contributed by atoms with Gasteiger partial charge in [0.25, 0.3) is 0 Å². The molecule has 0 atom stereocenters. The van der Waals surface area contributed by atoms with Crippen LogP contribution >= 0.6 is 11.6 Å². The van der Waals surface area contributed by atoms with Gasteiger partial charge in [0, 0.05) is 23.7 Å². The van der Waals surface area contributed by atoms with E-state index in [-0.39, 0.29) is 17.0 Å². The van der Waals surface area contributed by atoms with Gasteiger partial charge in [0.15, 0.2) is 9.84 Å². The van der Waals surface area contributed by atoms with Crippen molar-refractivity contribution in [1.82, 2.24) is 5.32 Å². The van der Waals surface area contributed by atoms with E-state index in [1.165, 1.54) is 19.3 Å². The molecule has 0 amide bonds. The van der Waals surface area contributed by atoms with Crippen molar-refractivity contribution in [3.8, 4) is 0 Å². The minimum atomic E-state index is -2.86. The van der Waals surface area contributed by atoms with Crippen LogP contribution in [-0.2, 0) is 9.84 Å². The van der Waals surface area contributed by atoms with Crippen molar-refractivity contribution in [3.05, 3.63) is 0 Å². The third-order valence-electron chi connectivity index (χ3n) is 3.42. The lowest BCUT2D eigenvalue weighted by molar-refractivity contribution is 0.264. The van der Waals surface area contributed by atoms with E-state index in [0.29, 0.717) is 12.4 Å². The summed E-state index contributed by atoms with van der Waals surface area (Å²) in [5.74, 6) is 1.03. The van der Waals surface area contributed by atoms with Gasteiger partial charge in [-0.1, -0.05) is 26.2 Å². The first-order chi connectivity index (χ1) is 7.54. The molecule has 1 fully saturated rings. The van der Waals surface area contributed by atoms with Gasteiger partial charge in [-0.3, -0.25) is 0 Å². The van der Waals surface area contributed by atoms with Crippen LogP contribution in [0.4, 0.5) is 0 Å². The maximum Gasteiger partial charge on any atom is 0.151 e. The highest BCUT2D eigenvalue weighted by atomic mass is 35.5. The average Bonchev–Trinajstić information content (AvgIpc) is 2.30. The highest BCUT2D eigenvalue weighted by Gasteiger charge is 2.30. The maximum absolute atomic E-state index is 11.4. The van der Waals surface area contributed by atoms with Gasteiger partial charge in [0.1, 0.15) is 0 Å². The van der Waals surface area contributed by atoms with E-state index in [2.05, 4.69) is 5.32 Å². The van der Waals surface area contributed by atoms with Gasteiger partial charge >= 0.3 is 0 Å². The van der Waals surface area contributed by atoms with Crippen molar-refractivity contribution in [2.75, 3.05) is 23.9 Å². The molecular weight excluding hydrogens is 246 g/mol. The number of sulfone groups is 1. The lowest BCUT2D eigenvalue weighted by Crippen LogP contribution is -2.50. The van der Waals surface area contributed by atoms with Crippen LogP contribution in [0.25, 0.3) is 0 Å². The summed E-state index contributed by atoms with van der Waals surface area (Å²) in [6.07, 6.45) is 5.80. The number of hydrogen-bond donors (Lipinski definition) is 1. The zero-order valence-electron chi connectivity index (χ0n) is 9.97. The highest BCUT2D eigenvalue weighted by molar-refractivity contribution is 7.91. The largest absolute Gasteiger partial charge is 0.309 e. The van der Waals surface area contributed by atoms with Crippen LogP contribution in [0.2, 0.25) is 0 Å². The number of rotatable bonds is 6. The van der Waals surface area contributed by atoms with Crippen LogP contribution < -0.4 is 5.32 Å². The van der Waals surface area contributed by atoms with E-state index in [1.54, 1.807) is 6.92 Å². The first-order valence-electron chi connectivity index (χ1n) is 6.05. The Bertz CT molecular complexity index is 297. The van der Waals surface area contributed by atoms with Crippen molar-refractivity contribution < 1.29 is 8.42 Å². The van der Waals surface area contributed by atoms with Crippen LogP contribution in [-0.4, -0.2) is 37.9 Å². The van der Waals surface area contributed by atoms with Gasteiger partial charge in [-0.15, -0.1) is 11.6 Å². The standard InChI is InChI=1S/C11H22ClNO2S/c1-2-16(14,15)9-8-13-11(10-12)6-4-3-5-7-11/h13H,2-10H2,1H3. The van der Waals surface area contributed by atoms with Crippen LogP contribution in [0.5, 0.6) is 0 Å². The van der Waals surface area contributed by atoms with E-state index in [0.717, 1.165) is 12.8 Å². The van der Waals surface area contributed by atoms with Crippen molar-refractivity contribution in [3.63, 3.8) is 0 Å². The van der Waals surface area contributed by atoms with Gasteiger partial charge in [-0.05, 0) is 12.8 Å². The molecule has 1 rings (SSSR count). The third-order valence-corrected chi connectivity index (χ3v) is 5.64. The minimum absolute atomic E-state index is 0.0108. The molecule has 0 unspecified atom stereocenters. The fraction of sp³-hybridized carbons (Fsp3) is 1.00. The zero-order chi connectivity index (χ0) is 12.1. The molecule has 0 radical (unpaired) electrons. The molecule has 0 bridgehead atoms. The van der Waals surface area contributed by atoms with Crippen molar-refractivity contribution in [2.45, 2.75) is 44.6 Å². The smallest absolute Gasteiger partial charge is 0.151 e. The normalized spacial score (nSPS) is 20.9. The Morgan fingerprint density at radius 1 is 1.25 bits per heavy atom. The molecule has 3 nitrogen and oxygen atoms in total. The summed E-state index contributed by atoms with van der Waals surface area (Å²) in [6, 6.07) is 0. The molecule has 96 valence electrons. The van der Waals surface area contributed by atoms with E-state index >= 15 is 0 Å². The van der Waals surface area contributed by atoms with Gasteiger partial charge in [-0.2, -0.15) is 0 Å². The topological polar surface area (TPSA) is 46.2 Å². The molecule has 1 aliphatic carbocycles. The van der Waals surface area contributed by atoms with E-state index in [4.69, 9.17) is 11.6 Å². The second-order valence-electron chi connectivity index (χ2n) is 4.64. The average molecular weight is 268 g/mol. The predicted molar refractivity (Wildman–Crippen MR) is 68.9 cm³/mol. The molecule has 1 N–H and O–H groups in total. The van der Waals surface area contributed by atoms with Crippen molar-refractivity contribution in [1.29, 1.82) is 0 Å². The van der Waals surface area contributed by atoms with E-state index in [1.807, 2.05) is 0 Å². The fourth-order valence-corrected chi connectivity index (χ4v) is 3.27. The number of halogens is 1. The Morgan fingerprint density at radius 2 is 1.88 bits per heavy atom. The second-order valence-corrected chi connectivity index (χ2v) is 7.38. The molecule has 0 aliphatic heterocycles. The SMILES string of the molecule is CCS(=O)(=O)CCNC1(CCl)CCCCC1. The summed E-state index contributed by atoms with van der Waals surface area (Å²) in [5, 5.41) is 3.36. The molecule has 0 heterocycles. The summed E-state index contributed by atoms with van der Waals surface area (Å²) >= 11 is 6.01. The number of nitrogens with one attached hydrogen (secondary N) is 1. The van der Waals surface area contributed by atoms with Gasteiger partial charge in [0.05, 0.1) is 5.75 Å².